The van der Waals surface area contributed by atoms with Crippen LogP contribution >= 0.6 is 0 Å². The standard InChI is InChI=1S/C23H26O8/c1-12(13(2)24)22(15-7-20(26-4)23(28-6)21(8-15)27-5)16-9-18-19(30-11-29-18)10-17(16)31-14(3)25/h7-10,12,22H,11H2,1-6H3/t12-,22+/m0/s1. The van der Waals surface area contributed by atoms with Crippen molar-refractivity contribution in [1.29, 1.82) is 0 Å². The van der Waals surface area contributed by atoms with Crippen LogP contribution in [0.25, 0.3) is 0 Å². The summed E-state index contributed by atoms with van der Waals surface area (Å²) in [5, 5.41) is 0. The molecule has 1 heterocycles. The third kappa shape index (κ3) is 4.38. The fourth-order valence-electron chi connectivity index (χ4n) is 3.68. The van der Waals surface area contributed by atoms with Crippen LogP contribution in [0, 0.1) is 5.92 Å². The average Bonchev–Trinajstić information content (AvgIpc) is 3.19. The number of hydrogen-bond acceptors (Lipinski definition) is 8. The van der Waals surface area contributed by atoms with E-state index in [1.807, 2.05) is 6.92 Å². The second kappa shape index (κ2) is 9.16. The zero-order chi connectivity index (χ0) is 22.7. The number of benzene rings is 2. The molecule has 0 spiro atoms. The van der Waals surface area contributed by atoms with E-state index in [1.165, 1.54) is 35.2 Å². The minimum absolute atomic E-state index is 0.0369. The maximum Gasteiger partial charge on any atom is 0.308 e. The molecule has 166 valence electrons. The van der Waals surface area contributed by atoms with Crippen LogP contribution in [-0.2, 0) is 9.59 Å². The molecule has 2 aromatic carbocycles. The Morgan fingerprint density at radius 2 is 1.45 bits per heavy atom. The number of carbonyl (C=O) groups excluding carboxylic acids is 2. The Morgan fingerprint density at radius 1 is 0.871 bits per heavy atom. The number of Topliss-reactive ketones (excluding diaryl/α,β-unsaturated/α-hetero) is 1. The van der Waals surface area contributed by atoms with Gasteiger partial charge in [-0.15, -0.1) is 0 Å². The fourth-order valence-corrected chi connectivity index (χ4v) is 3.68. The number of rotatable bonds is 8. The molecule has 0 aromatic heterocycles. The second-order valence-corrected chi connectivity index (χ2v) is 7.17. The highest BCUT2D eigenvalue weighted by atomic mass is 16.7. The summed E-state index contributed by atoms with van der Waals surface area (Å²) in [5.74, 6) is 1.15. The predicted octanol–water partition coefficient (Wildman–Crippen LogP) is 3.72. The van der Waals surface area contributed by atoms with Gasteiger partial charge in [0.1, 0.15) is 11.5 Å². The van der Waals surface area contributed by atoms with Gasteiger partial charge >= 0.3 is 5.97 Å². The van der Waals surface area contributed by atoms with Crippen molar-refractivity contribution in [3.63, 3.8) is 0 Å². The van der Waals surface area contributed by atoms with E-state index in [-0.39, 0.29) is 12.6 Å². The molecule has 2 aromatic rings. The molecule has 0 fully saturated rings. The van der Waals surface area contributed by atoms with Crippen molar-refractivity contribution >= 4 is 11.8 Å². The summed E-state index contributed by atoms with van der Waals surface area (Å²) in [6, 6.07) is 6.92. The van der Waals surface area contributed by atoms with Crippen molar-refractivity contribution in [3.05, 3.63) is 35.4 Å². The third-order valence-corrected chi connectivity index (χ3v) is 5.28. The average molecular weight is 430 g/mol. The van der Waals surface area contributed by atoms with Crippen LogP contribution < -0.4 is 28.4 Å². The van der Waals surface area contributed by atoms with Crippen LogP contribution in [0.5, 0.6) is 34.5 Å². The fraction of sp³-hybridized carbons (Fsp3) is 0.391. The smallest absolute Gasteiger partial charge is 0.308 e. The Balaban J connectivity index is 2.27. The van der Waals surface area contributed by atoms with E-state index in [4.69, 9.17) is 28.4 Å². The van der Waals surface area contributed by atoms with Gasteiger partial charge in [-0.2, -0.15) is 0 Å². The Kier molecular flexibility index (Phi) is 6.58. The minimum Gasteiger partial charge on any atom is -0.493 e. The molecule has 1 aliphatic rings. The normalized spacial score (nSPS) is 13.9. The topological polar surface area (TPSA) is 89.5 Å². The van der Waals surface area contributed by atoms with E-state index in [2.05, 4.69) is 0 Å². The molecule has 0 unspecified atom stereocenters. The van der Waals surface area contributed by atoms with Gasteiger partial charge in [0.05, 0.1) is 21.3 Å². The number of methoxy groups -OCH3 is 3. The summed E-state index contributed by atoms with van der Waals surface area (Å²) in [6.07, 6.45) is 0. The molecule has 31 heavy (non-hydrogen) atoms. The molecule has 0 saturated heterocycles. The van der Waals surface area contributed by atoms with Crippen LogP contribution in [0.4, 0.5) is 0 Å². The number of esters is 1. The molecular weight excluding hydrogens is 404 g/mol. The molecule has 3 rings (SSSR count). The maximum absolute atomic E-state index is 12.5. The van der Waals surface area contributed by atoms with Gasteiger partial charge in [0.15, 0.2) is 23.0 Å². The van der Waals surface area contributed by atoms with Gasteiger partial charge in [-0.3, -0.25) is 9.59 Å². The van der Waals surface area contributed by atoms with E-state index in [9.17, 15) is 9.59 Å². The largest absolute Gasteiger partial charge is 0.493 e. The van der Waals surface area contributed by atoms with Crippen molar-refractivity contribution < 1.29 is 38.0 Å². The maximum atomic E-state index is 12.5. The highest BCUT2D eigenvalue weighted by Crippen LogP contribution is 2.48. The van der Waals surface area contributed by atoms with Crippen molar-refractivity contribution in [2.75, 3.05) is 28.1 Å². The highest BCUT2D eigenvalue weighted by Gasteiger charge is 2.32. The number of fused-ring (bicyclic) bond motifs is 1. The molecule has 0 radical (unpaired) electrons. The SMILES string of the molecule is COc1cc([C@H](c2cc3c(cc2OC(C)=O)OCO3)[C@@H](C)C(C)=O)cc(OC)c1OC. The lowest BCUT2D eigenvalue weighted by Crippen LogP contribution is -2.20. The zero-order valence-electron chi connectivity index (χ0n) is 18.4. The van der Waals surface area contributed by atoms with Gasteiger partial charge in [0.2, 0.25) is 12.5 Å². The van der Waals surface area contributed by atoms with Crippen LogP contribution in [-0.4, -0.2) is 39.9 Å². The molecular formula is C23H26O8. The van der Waals surface area contributed by atoms with E-state index >= 15 is 0 Å². The number of ether oxygens (including phenoxy) is 6. The van der Waals surface area contributed by atoms with E-state index in [0.29, 0.717) is 40.1 Å². The number of hydrogen-bond donors (Lipinski definition) is 0. The van der Waals surface area contributed by atoms with Gasteiger partial charge < -0.3 is 28.4 Å². The summed E-state index contributed by atoms with van der Waals surface area (Å²) in [7, 11) is 4.57. The van der Waals surface area contributed by atoms with Crippen molar-refractivity contribution in [2.45, 2.75) is 26.7 Å². The Bertz CT molecular complexity index is 972. The first kappa shape index (κ1) is 22.3. The molecule has 0 aliphatic carbocycles. The monoisotopic (exact) mass is 430 g/mol. The third-order valence-electron chi connectivity index (χ3n) is 5.28. The van der Waals surface area contributed by atoms with Gasteiger partial charge in [0.25, 0.3) is 0 Å². The Hall–Kier alpha value is -3.42. The first-order valence-corrected chi connectivity index (χ1v) is 9.73. The zero-order valence-corrected chi connectivity index (χ0v) is 18.4. The van der Waals surface area contributed by atoms with E-state index in [0.717, 1.165) is 5.56 Å². The summed E-state index contributed by atoms with van der Waals surface area (Å²) >= 11 is 0. The van der Waals surface area contributed by atoms with Crippen LogP contribution in [0.1, 0.15) is 37.8 Å². The Morgan fingerprint density at radius 3 is 1.94 bits per heavy atom. The van der Waals surface area contributed by atoms with Gasteiger partial charge in [-0.25, -0.2) is 0 Å². The Labute approximate surface area is 181 Å². The summed E-state index contributed by atoms with van der Waals surface area (Å²) in [4.78, 5) is 24.3. The van der Waals surface area contributed by atoms with Crippen molar-refractivity contribution in [1.82, 2.24) is 0 Å². The van der Waals surface area contributed by atoms with Crippen LogP contribution in [0.15, 0.2) is 24.3 Å². The lowest BCUT2D eigenvalue weighted by molar-refractivity contribution is -0.131. The first-order chi connectivity index (χ1) is 14.8. The number of ketones is 1. The van der Waals surface area contributed by atoms with Gasteiger partial charge in [-0.1, -0.05) is 6.92 Å². The number of carbonyl (C=O) groups is 2. The van der Waals surface area contributed by atoms with Crippen LogP contribution in [0.3, 0.4) is 0 Å². The molecule has 1 aliphatic heterocycles. The first-order valence-electron chi connectivity index (χ1n) is 9.73. The lowest BCUT2D eigenvalue weighted by Gasteiger charge is -2.26. The molecule has 8 heteroatoms. The van der Waals surface area contributed by atoms with Crippen molar-refractivity contribution in [3.8, 4) is 34.5 Å². The summed E-state index contributed by atoms with van der Waals surface area (Å²) in [5.41, 5.74) is 1.33. The highest BCUT2D eigenvalue weighted by molar-refractivity contribution is 5.80. The van der Waals surface area contributed by atoms with Crippen molar-refractivity contribution in [2.24, 2.45) is 5.92 Å². The predicted molar refractivity (Wildman–Crippen MR) is 112 cm³/mol. The minimum atomic E-state index is -0.491. The lowest BCUT2D eigenvalue weighted by atomic mass is 9.79. The molecule has 0 amide bonds. The quantitative estimate of drug-likeness (QED) is 0.462. The molecule has 0 saturated carbocycles. The molecule has 0 bridgehead atoms. The summed E-state index contributed by atoms with van der Waals surface area (Å²) in [6.45, 7) is 4.72. The van der Waals surface area contributed by atoms with E-state index < -0.39 is 17.8 Å². The summed E-state index contributed by atoms with van der Waals surface area (Å²) < 4.78 is 32.9. The molecule has 0 N–H and O–H groups in total. The molecule has 2 atom stereocenters. The van der Waals surface area contributed by atoms with Gasteiger partial charge in [-0.05, 0) is 30.7 Å². The molecule has 8 nitrogen and oxygen atoms in total. The van der Waals surface area contributed by atoms with E-state index in [1.54, 1.807) is 24.3 Å². The second-order valence-electron chi connectivity index (χ2n) is 7.17. The van der Waals surface area contributed by atoms with Gasteiger partial charge in [0, 0.05) is 30.4 Å². The van der Waals surface area contributed by atoms with Crippen LogP contribution in [0.2, 0.25) is 0 Å².